The van der Waals surface area contributed by atoms with E-state index in [1.165, 1.54) is 5.56 Å². The van der Waals surface area contributed by atoms with Crippen LogP contribution in [-0.4, -0.2) is 6.54 Å². The van der Waals surface area contributed by atoms with Gasteiger partial charge in [0.15, 0.2) is 0 Å². The van der Waals surface area contributed by atoms with Crippen LogP contribution in [-0.2, 0) is 6.42 Å². The molecule has 0 aliphatic rings. The molecule has 0 atom stereocenters. The number of halogens is 1. The van der Waals surface area contributed by atoms with Crippen molar-refractivity contribution in [3.8, 4) is 0 Å². The van der Waals surface area contributed by atoms with Gasteiger partial charge in [-0.2, -0.15) is 0 Å². The Morgan fingerprint density at radius 1 is 1.25 bits per heavy atom. The van der Waals surface area contributed by atoms with Gasteiger partial charge in [0, 0.05) is 11.0 Å². The van der Waals surface area contributed by atoms with Crippen molar-refractivity contribution in [2.75, 3.05) is 6.54 Å². The van der Waals surface area contributed by atoms with Crippen LogP contribution in [0.3, 0.4) is 0 Å². The fourth-order valence-corrected chi connectivity index (χ4v) is 1.42. The Balaban J connectivity index is 2.63. The molecule has 1 rings (SSSR count). The van der Waals surface area contributed by atoms with Crippen molar-refractivity contribution in [1.29, 1.82) is 0 Å². The van der Waals surface area contributed by atoms with Crippen LogP contribution >= 0.6 is 15.9 Å². The van der Waals surface area contributed by atoms with Crippen LogP contribution in [0.4, 0.5) is 0 Å². The molecule has 2 heteroatoms. The first-order valence-corrected chi connectivity index (χ1v) is 4.72. The lowest BCUT2D eigenvalue weighted by atomic mass is 10.1. The molecule has 0 heterocycles. The molecule has 0 spiro atoms. The van der Waals surface area contributed by atoms with Gasteiger partial charge in [-0.1, -0.05) is 46.3 Å². The molecular weight excluding hydrogens is 214 g/mol. The average molecular weight is 226 g/mol. The van der Waals surface area contributed by atoms with Gasteiger partial charge >= 0.3 is 0 Å². The molecule has 0 bridgehead atoms. The molecule has 0 unspecified atom stereocenters. The Kier molecular flexibility index (Phi) is 4.05. The lowest BCUT2D eigenvalue weighted by Crippen LogP contribution is -1.92. The summed E-state index contributed by atoms with van der Waals surface area (Å²) in [6.45, 7) is 0.616. The number of hydrogen-bond donors (Lipinski definition) is 1. The van der Waals surface area contributed by atoms with Crippen molar-refractivity contribution in [3.63, 3.8) is 0 Å². The maximum absolute atomic E-state index is 5.33. The van der Waals surface area contributed by atoms with Crippen LogP contribution in [0.1, 0.15) is 5.56 Å². The summed E-state index contributed by atoms with van der Waals surface area (Å²) in [7, 11) is 0. The zero-order chi connectivity index (χ0) is 8.81. The third kappa shape index (κ3) is 2.80. The van der Waals surface area contributed by atoms with E-state index in [9.17, 15) is 0 Å². The van der Waals surface area contributed by atoms with Gasteiger partial charge < -0.3 is 5.73 Å². The molecular formula is C10H12BrN. The molecule has 1 aromatic carbocycles. The van der Waals surface area contributed by atoms with E-state index < -0.39 is 0 Å². The SMILES string of the molecule is NC/C=C/Cc1ccccc1Br. The third-order valence-electron chi connectivity index (χ3n) is 1.60. The van der Waals surface area contributed by atoms with Crippen LogP contribution in [0.25, 0.3) is 0 Å². The second-order valence-electron chi connectivity index (χ2n) is 2.50. The van der Waals surface area contributed by atoms with E-state index in [1.54, 1.807) is 0 Å². The van der Waals surface area contributed by atoms with Gasteiger partial charge in [0.25, 0.3) is 0 Å². The van der Waals surface area contributed by atoms with E-state index in [1.807, 2.05) is 24.3 Å². The fraction of sp³-hybridized carbons (Fsp3) is 0.200. The molecule has 12 heavy (non-hydrogen) atoms. The lowest BCUT2D eigenvalue weighted by molar-refractivity contribution is 1.19. The first-order chi connectivity index (χ1) is 5.84. The van der Waals surface area contributed by atoms with E-state index in [-0.39, 0.29) is 0 Å². The van der Waals surface area contributed by atoms with Gasteiger partial charge in [-0.3, -0.25) is 0 Å². The maximum Gasteiger partial charge on any atom is 0.0210 e. The lowest BCUT2D eigenvalue weighted by Gasteiger charge is -1.98. The fourth-order valence-electron chi connectivity index (χ4n) is 0.970. The average Bonchev–Trinajstić information content (AvgIpc) is 2.09. The molecule has 0 amide bonds. The molecule has 0 aromatic heterocycles. The summed E-state index contributed by atoms with van der Waals surface area (Å²) in [6, 6.07) is 8.20. The van der Waals surface area contributed by atoms with Gasteiger partial charge in [0.2, 0.25) is 0 Å². The molecule has 1 nitrogen and oxygen atoms in total. The summed E-state index contributed by atoms with van der Waals surface area (Å²) in [4.78, 5) is 0. The smallest absolute Gasteiger partial charge is 0.0210 e. The Hall–Kier alpha value is -0.600. The van der Waals surface area contributed by atoms with Crippen molar-refractivity contribution in [1.82, 2.24) is 0 Å². The quantitative estimate of drug-likeness (QED) is 0.787. The second kappa shape index (κ2) is 5.12. The van der Waals surface area contributed by atoms with E-state index in [0.29, 0.717) is 6.54 Å². The molecule has 2 N–H and O–H groups in total. The summed E-state index contributed by atoms with van der Waals surface area (Å²) >= 11 is 3.48. The molecule has 0 saturated heterocycles. The standard InChI is InChI=1S/C10H12BrN/c11-10-7-2-1-5-9(10)6-3-4-8-12/h1-5,7H,6,8,12H2/b4-3+. The van der Waals surface area contributed by atoms with Gasteiger partial charge in [0.05, 0.1) is 0 Å². The first-order valence-electron chi connectivity index (χ1n) is 3.93. The highest BCUT2D eigenvalue weighted by atomic mass is 79.9. The largest absolute Gasteiger partial charge is 0.327 e. The molecule has 0 saturated carbocycles. The van der Waals surface area contributed by atoms with E-state index in [0.717, 1.165) is 10.9 Å². The van der Waals surface area contributed by atoms with Crippen molar-refractivity contribution < 1.29 is 0 Å². The van der Waals surface area contributed by atoms with Crippen molar-refractivity contribution in [2.45, 2.75) is 6.42 Å². The number of hydrogen-bond acceptors (Lipinski definition) is 1. The minimum atomic E-state index is 0.616. The Morgan fingerprint density at radius 3 is 2.67 bits per heavy atom. The summed E-state index contributed by atoms with van der Waals surface area (Å²) < 4.78 is 1.16. The monoisotopic (exact) mass is 225 g/mol. The summed E-state index contributed by atoms with van der Waals surface area (Å²) in [5.74, 6) is 0. The number of rotatable bonds is 3. The molecule has 0 aliphatic carbocycles. The molecule has 64 valence electrons. The number of nitrogens with two attached hydrogens (primary N) is 1. The predicted octanol–water partition coefficient (Wildman–Crippen LogP) is 2.51. The van der Waals surface area contributed by atoms with Gasteiger partial charge in [-0.05, 0) is 18.1 Å². The normalized spacial score (nSPS) is 10.8. The van der Waals surface area contributed by atoms with Gasteiger partial charge in [0.1, 0.15) is 0 Å². The Bertz CT molecular complexity index is 268. The highest BCUT2D eigenvalue weighted by Gasteiger charge is 1.93. The van der Waals surface area contributed by atoms with Gasteiger partial charge in [-0.25, -0.2) is 0 Å². The molecule has 0 radical (unpaired) electrons. The van der Waals surface area contributed by atoms with E-state index >= 15 is 0 Å². The zero-order valence-corrected chi connectivity index (χ0v) is 8.42. The number of benzene rings is 1. The Morgan fingerprint density at radius 2 is 2.00 bits per heavy atom. The summed E-state index contributed by atoms with van der Waals surface area (Å²) in [6.07, 6.45) is 5.00. The van der Waals surface area contributed by atoms with Crippen molar-refractivity contribution in [2.24, 2.45) is 5.73 Å². The molecule has 0 aliphatic heterocycles. The summed E-state index contributed by atoms with van der Waals surface area (Å²) in [5, 5.41) is 0. The van der Waals surface area contributed by atoms with Crippen molar-refractivity contribution in [3.05, 3.63) is 46.5 Å². The van der Waals surface area contributed by atoms with Crippen molar-refractivity contribution >= 4 is 15.9 Å². The Labute approximate surface area is 81.4 Å². The maximum atomic E-state index is 5.33. The van der Waals surface area contributed by atoms with Crippen LogP contribution in [0.2, 0.25) is 0 Å². The zero-order valence-electron chi connectivity index (χ0n) is 6.83. The second-order valence-corrected chi connectivity index (χ2v) is 3.36. The van der Waals surface area contributed by atoms with Gasteiger partial charge in [-0.15, -0.1) is 0 Å². The van der Waals surface area contributed by atoms with Crippen LogP contribution < -0.4 is 5.73 Å². The topological polar surface area (TPSA) is 26.0 Å². The van der Waals surface area contributed by atoms with Crippen LogP contribution in [0, 0.1) is 0 Å². The van der Waals surface area contributed by atoms with E-state index in [4.69, 9.17) is 5.73 Å². The highest BCUT2D eigenvalue weighted by molar-refractivity contribution is 9.10. The van der Waals surface area contributed by atoms with E-state index in [2.05, 4.69) is 28.1 Å². The minimum Gasteiger partial charge on any atom is -0.327 e. The summed E-state index contributed by atoms with van der Waals surface area (Å²) in [5.41, 5.74) is 6.63. The highest BCUT2D eigenvalue weighted by Crippen LogP contribution is 2.16. The number of allylic oxidation sites excluding steroid dienone is 1. The van der Waals surface area contributed by atoms with Crippen LogP contribution in [0.5, 0.6) is 0 Å². The predicted molar refractivity (Wildman–Crippen MR) is 56.0 cm³/mol. The molecule has 0 fully saturated rings. The molecule has 1 aromatic rings. The van der Waals surface area contributed by atoms with Crippen LogP contribution in [0.15, 0.2) is 40.9 Å². The third-order valence-corrected chi connectivity index (χ3v) is 2.37. The minimum absolute atomic E-state index is 0.616. The first kappa shape index (κ1) is 9.49.